The lowest BCUT2D eigenvalue weighted by atomic mass is 10.2. The third kappa shape index (κ3) is 4.82. The minimum atomic E-state index is -1.10. The second-order valence-electron chi connectivity index (χ2n) is 4.04. The van der Waals surface area contributed by atoms with E-state index in [1.54, 1.807) is 19.2 Å². The van der Waals surface area contributed by atoms with Gasteiger partial charge in [-0.2, -0.15) is 0 Å². The van der Waals surface area contributed by atoms with Crippen LogP contribution in [-0.2, 0) is 4.74 Å². The van der Waals surface area contributed by atoms with Crippen LogP contribution in [0.2, 0.25) is 0 Å². The minimum Gasteiger partial charge on any atom is -0.478 e. The number of anilines is 1. The summed E-state index contributed by atoms with van der Waals surface area (Å²) in [5, 5.41) is 11.7. The van der Waals surface area contributed by atoms with Gasteiger partial charge in [0.2, 0.25) is 0 Å². The molecule has 0 saturated carbocycles. The predicted molar refractivity (Wildman–Crippen MR) is 79.2 cm³/mol. The molecule has 2 amide bonds. The Bertz CT molecular complexity index is 493. The third-order valence-electron chi connectivity index (χ3n) is 2.58. The van der Waals surface area contributed by atoms with Crippen LogP contribution in [0.1, 0.15) is 17.3 Å². The molecule has 0 fully saturated rings. The predicted octanol–water partition coefficient (Wildman–Crippen LogP) is 2.65. The van der Waals surface area contributed by atoms with Crippen LogP contribution in [0.5, 0.6) is 0 Å². The van der Waals surface area contributed by atoms with Gasteiger partial charge in [-0.3, -0.25) is 0 Å². The number of ether oxygens (including phenoxy) is 1. The summed E-state index contributed by atoms with van der Waals surface area (Å²) < 4.78 is 5.80. The first-order chi connectivity index (χ1) is 9.45. The molecule has 110 valence electrons. The number of hydrogen-bond acceptors (Lipinski definition) is 3. The van der Waals surface area contributed by atoms with Crippen molar-refractivity contribution in [2.75, 3.05) is 32.1 Å². The number of likely N-dealkylation sites (N-methyl/N-ethyl adjacent to an activating group) is 1. The van der Waals surface area contributed by atoms with Crippen molar-refractivity contribution in [3.63, 3.8) is 0 Å². The Hall–Kier alpha value is -1.60. The number of benzene rings is 1. The first kappa shape index (κ1) is 16.5. The molecule has 0 radical (unpaired) electrons. The van der Waals surface area contributed by atoms with Gasteiger partial charge >= 0.3 is 12.0 Å². The van der Waals surface area contributed by atoms with E-state index in [1.165, 1.54) is 11.0 Å². The lowest BCUT2D eigenvalue weighted by Gasteiger charge is -2.18. The van der Waals surface area contributed by atoms with Crippen LogP contribution in [0.4, 0.5) is 10.5 Å². The molecular weight excluding hydrogens is 328 g/mol. The molecule has 0 aliphatic rings. The van der Waals surface area contributed by atoms with Gasteiger partial charge in [0, 0.05) is 24.7 Å². The molecule has 6 nitrogen and oxygen atoms in total. The number of amides is 2. The lowest BCUT2D eigenvalue weighted by molar-refractivity contribution is 0.0698. The number of nitrogens with zero attached hydrogens (tertiary/aromatic N) is 1. The average molecular weight is 345 g/mol. The molecule has 0 atom stereocenters. The summed E-state index contributed by atoms with van der Waals surface area (Å²) in [6, 6.07) is 4.27. The smallest absolute Gasteiger partial charge is 0.337 e. The van der Waals surface area contributed by atoms with Crippen LogP contribution in [0.25, 0.3) is 0 Å². The van der Waals surface area contributed by atoms with E-state index < -0.39 is 5.97 Å². The zero-order valence-electron chi connectivity index (χ0n) is 11.4. The summed E-state index contributed by atoms with van der Waals surface area (Å²) in [6.07, 6.45) is 0. The van der Waals surface area contributed by atoms with Crippen molar-refractivity contribution >= 4 is 33.6 Å². The third-order valence-corrected chi connectivity index (χ3v) is 3.07. The Kier molecular flexibility index (Phi) is 6.47. The molecule has 0 saturated heterocycles. The fraction of sp³-hybridized carbons (Fsp3) is 0.385. The molecule has 7 heteroatoms. The maximum absolute atomic E-state index is 11.9. The highest BCUT2D eigenvalue weighted by molar-refractivity contribution is 9.10. The van der Waals surface area contributed by atoms with Crippen LogP contribution >= 0.6 is 15.9 Å². The Balaban J connectivity index is 2.72. The van der Waals surface area contributed by atoms with E-state index in [0.29, 0.717) is 24.2 Å². The van der Waals surface area contributed by atoms with Gasteiger partial charge in [-0.15, -0.1) is 0 Å². The second kappa shape index (κ2) is 7.86. The first-order valence-electron chi connectivity index (χ1n) is 6.08. The largest absolute Gasteiger partial charge is 0.478 e. The van der Waals surface area contributed by atoms with Crippen molar-refractivity contribution in [3.05, 3.63) is 28.2 Å². The van der Waals surface area contributed by atoms with Gasteiger partial charge in [-0.25, -0.2) is 9.59 Å². The van der Waals surface area contributed by atoms with Crippen LogP contribution in [0.3, 0.4) is 0 Å². The summed E-state index contributed by atoms with van der Waals surface area (Å²) in [7, 11) is 1.62. The Morgan fingerprint density at radius 1 is 1.45 bits per heavy atom. The summed E-state index contributed by atoms with van der Waals surface area (Å²) in [4.78, 5) is 24.5. The molecule has 2 N–H and O–H groups in total. The average Bonchev–Trinajstić information content (AvgIpc) is 2.40. The highest BCUT2D eigenvalue weighted by atomic mass is 79.9. The number of rotatable bonds is 6. The molecule has 0 aromatic heterocycles. The number of nitrogens with one attached hydrogen (secondary N) is 1. The highest BCUT2D eigenvalue weighted by Crippen LogP contribution is 2.21. The molecule has 0 aliphatic heterocycles. The molecule has 1 aromatic carbocycles. The number of carboxylic acid groups (broad SMARTS) is 1. The number of carboxylic acids is 1. The molecule has 0 spiro atoms. The SMILES string of the molecule is CCOCCN(C)C(=O)Nc1ccc(Br)cc1C(=O)O. The van der Waals surface area contributed by atoms with E-state index in [-0.39, 0.29) is 17.3 Å². The fourth-order valence-corrected chi connectivity index (χ4v) is 1.82. The number of carbonyl (C=O) groups is 2. The molecule has 0 unspecified atom stereocenters. The molecule has 0 heterocycles. The van der Waals surface area contributed by atoms with E-state index in [4.69, 9.17) is 9.84 Å². The number of aromatic carboxylic acids is 1. The van der Waals surface area contributed by atoms with Gasteiger partial charge in [0.25, 0.3) is 0 Å². The molecule has 1 aromatic rings. The van der Waals surface area contributed by atoms with Crippen LogP contribution in [0, 0.1) is 0 Å². The quantitative estimate of drug-likeness (QED) is 0.777. The lowest BCUT2D eigenvalue weighted by Crippen LogP contribution is -2.34. The van der Waals surface area contributed by atoms with Crippen LogP contribution in [-0.4, -0.2) is 48.8 Å². The highest BCUT2D eigenvalue weighted by Gasteiger charge is 2.15. The van der Waals surface area contributed by atoms with Gasteiger partial charge in [-0.1, -0.05) is 15.9 Å². The van der Waals surface area contributed by atoms with Gasteiger partial charge in [-0.05, 0) is 25.1 Å². The molecule has 0 bridgehead atoms. The monoisotopic (exact) mass is 344 g/mol. The minimum absolute atomic E-state index is 0.0333. The molecular formula is C13H17BrN2O4. The Morgan fingerprint density at radius 2 is 2.15 bits per heavy atom. The topological polar surface area (TPSA) is 78.9 Å². The molecule has 1 rings (SSSR count). The van der Waals surface area contributed by atoms with Crippen molar-refractivity contribution in [1.82, 2.24) is 4.90 Å². The van der Waals surface area contributed by atoms with Gasteiger partial charge in [0.05, 0.1) is 17.9 Å². The van der Waals surface area contributed by atoms with Crippen LogP contribution in [0.15, 0.2) is 22.7 Å². The Labute approximate surface area is 125 Å². The van der Waals surface area contributed by atoms with E-state index in [0.717, 1.165) is 0 Å². The maximum Gasteiger partial charge on any atom is 0.337 e. The summed E-state index contributed by atoms with van der Waals surface area (Å²) >= 11 is 3.20. The van der Waals surface area contributed by atoms with E-state index in [1.807, 2.05) is 6.92 Å². The first-order valence-corrected chi connectivity index (χ1v) is 6.87. The number of carbonyl (C=O) groups excluding carboxylic acids is 1. The van der Waals surface area contributed by atoms with Gasteiger partial charge < -0.3 is 20.1 Å². The number of halogens is 1. The Morgan fingerprint density at radius 3 is 2.75 bits per heavy atom. The maximum atomic E-state index is 11.9. The number of urea groups is 1. The van der Waals surface area contributed by atoms with Gasteiger partial charge in [0.1, 0.15) is 0 Å². The van der Waals surface area contributed by atoms with Crippen molar-refractivity contribution in [3.8, 4) is 0 Å². The van der Waals surface area contributed by atoms with Crippen molar-refractivity contribution in [2.24, 2.45) is 0 Å². The molecule has 20 heavy (non-hydrogen) atoms. The second-order valence-corrected chi connectivity index (χ2v) is 4.96. The van der Waals surface area contributed by atoms with Crippen LogP contribution < -0.4 is 5.32 Å². The fourth-order valence-electron chi connectivity index (χ4n) is 1.46. The normalized spacial score (nSPS) is 10.2. The van der Waals surface area contributed by atoms with Gasteiger partial charge in [0.15, 0.2) is 0 Å². The van der Waals surface area contributed by atoms with E-state index in [2.05, 4.69) is 21.2 Å². The van der Waals surface area contributed by atoms with Crippen molar-refractivity contribution < 1.29 is 19.4 Å². The van der Waals surface area contributed by atoms with Crippen molar-refractivity contribution in [2.45, 2.75) is 6.92 Å². The summed E-state index contributed by atoms with van der Waals surface area (Å²) in [5.41, 5.74) is 0.292. The zero-order chi connectivity index (χ0) is 15.1. The van der Waals surface area contributed by atoms with E-state index in [9.17, 15) is 9.59 Å². The molecule has 0 aliphatic carbocycles. The number of hydrogen-bond donors (Lipinski definition) is 2. The van der Waals surface area contributed by atoms with Crippen molar-refractivity contribution in [1.29, 1.82) is 0 Å². The summed E-state index contributed by atoms with van der Waals surface area (Å²) in [5.74, 6) is -1.10. The summed E-state index contributed by atoms with van der Waals surface area (Å²) in [6.45, 7) is 3.33. The zero-order valence-corrected chi connectivity index (χ0v) is 12.9. The van der Waals surface area contributed by atoms with E-state index >= 15 is 0 Å². The standard InChI is InChI=1S/C13H17BrN2O4/c1-3-20-7-6-16(2)13(19)15-11-5-4-9(14)8-10(11)12(17)18/h4-5,8H,3,6-7H2,1-2H3,(H,15,19)(H,17,18).